The van der Waals surface area contributed by atoms with Crippen molar-refractivity contribution in [2.24, 2.45) is 5.41 Å². The van der Waals surface area contributed by atoms with Crippen molar-refractivity contribution < 1.29 is 19.1 Å². The molecule has 7 nitrogen and oxygen atoms in total. The van der Waals surface area contributed by atoms with Gasteiger partial charge in [-0.25, -0.2) is 0 Å². The molecule has 4 rings (SSSR count). The number of fused-ring (bicyclic) bond motifs is 1. The lowest BCUT2D eigenvalue weighted by Crippen LogP contribution is -2.36. The lowest BCUT2D eigenvalue weighted by atomic mass is 9.91. The summed E-state index contributed by atoms with van der Waals surface area (Å²) in [7, 11) is 0. The molecular formula is C25H23ClN2O5S. The molecule has 1 aliphatic heterocycles. The number of thiazole rings is 1. The van der Waals surface area contributed by atoms with Crippen molar-refractivity contribution in [3.05, 3.63) is 72.6 Å². The Morgan fingerprint density at radius 1 is 1.15 bits per heavy atom. The third kappa shape index (κ3) is 5.40. The molecular weight excluding hydrogens is 476 g/mol. The van der Waals surface area contributed by atoms with Gasteiger partial charge in [0.25, 0.3) is 5.56 Å². The number of Topliss-reactive ketones (excluding diaryl/α,β-unsaturated/α-hetero) is 1. The molecule has 0 aliphatic carbocycles. The Hall–Kier alpha value is -3.36. The van der Waals surface area contributed by atoms with Crippen LogP contribution in [0.25, 0.3) is 12.2 Å². The fourth-order valence-electron chi connectivity index (χ4n) is 3.19. The van der Waals surface area contributed by atoms with Crippen LogP contribution in [-0.4, -0.2) is 23.1 Å². The van der Waals surface area contributed by atoms with Crippen LogP contribution < -0.4 is 29.5 Å². The van der Waals surface area contributed by atoms with E-state index in [4.69, 9.17) is 21.1 Å². The SMILES string of the molecule is CC(C)(C)C(=O)/C=c1\s/c(=C/c2cccc(Cl)c2)c(=O)n1CC(=O)Nc1ccc2c(c1)OCO2. The number of carbonyl (C=O) groups is 2. The predicted molar refractivity (Wildman–Crippen MR) is 133 cm³/mol. The Kier molecular flexibility index (Phi) is 6.63. The molecule has 2 heterocycles. The van der Waals surface area contributed by atoms with Gasteiger partial charge >= 0.3 is 0 Å². The molecule has 0 saturated heterocycles. The normalized spacial score (nSPS) is 13.9. The van der Waals surface area contributed by atoms with Crippen LogP contribution in [0.1, 0.15) is 26.3 Å². The summed E-state index contributed by atoms with van der Waals surface area (Å²) in [5.74, 6) is 0.582. The minimum Gasteiger partial charge on any atom is -0.454 e. The van der Waals surface area contributed by atoms with Crippen LogP contribution in [0.15, 0.2) is 47.3 Å². The van der Waals surface area contributed by atoms with Crippen LogP contribution in [0.5, 0.6) is 11.5 Å². The van der Waals surface area contributed by atoms with Crippen molar-refractivity contribution in [1.29, 1.82) is 0 Å². The van der Waals surface area contributed by atoms with Crippen LogP contribution in [0.3, 0.4) is 0 Å². The molecule has 1 N–H and O–H groups in total. The Bertz CT molecular complexity index is 1450. The van der Waals surface area contributed by atoms with Crippen LogP contribution in [-0.2, 0) is 16.1 Å². The topological polar surface area (TPSA) is 86.6 Å². The van der Waals surface area contributed by atoms with E-state index in [2.05, 4.69) is 5.32 Å². The molecule has 2 aromatic carbocycles. The van der Waals surface area contributed by atoms with Gasteiger partial charge in [-0.15, -0.1) is 11.3 Å². The number of anilines is 1. The van der Waals surface area contributed by atoms with Crippen molar-refractivity contribution >= 4 is 52.5 Å². The zero-order valence-electron chi connectivity index (χ0n) is 18.9. The Morgan fingerprint density at radius 3 is 2.65 bits per heavy atom. The van der Waals surface area contributed by atoms with E-state index >= 15 is 0 Å². The first kappa shape index (κ1) is 23.8. The zero-order chi connectivity index (χ0) is 24.5. The smallest absolute Gasteiger partial charge is 0.269 e. The molecule has 0 unspecified atom stereocenters. The van der Waals surface area contributed by atoms with Gasteiger partial charge in [0.2, 0.25) is 12.7 Å². The molecule has 176 valence electrons. The van der Waals surface area contributed by atoms with Gasteiger partial charge in [-0.1, -0.05) is 44.5 Å². The number of carbonyl (C=O) groups excluding carboxylic acids is 2. The number of nitrogens with one attached hydrogen (secondary N) is 1. The van der Waals surface area contributed by atoms with E-state index < -0.39 is 11.3 Å². The molecule has 9 heteroatoms. The van der Waals surface area contributed by atoms with Crippen molar-refractivity contribution in [1.82, 2.24) is 4.57 Å². The average molecular weight is 499 g/mol. The summed E-state index contributed by atoms with van der Waals surface area (Å²) < 4.78 is 12.7. The molecule has 0 radical (unpaired) electrons. The van der Waals surface area contributed by atoms with Gasteiger partial charge in [0.1, 0.15) is 11.2 Å². The van der Waals surface area contributed by atoms with Crippen LogP contribution in [0, 0.1) is 5.41 Å². The summed E-state index contributed by atoms with van der Waals surface area (Å²) in [6, 6.07) is 12.1. The van der Waals surface area contributed by atoms with Crippen LogP contribution in [0.2, 0.25) is 5.02 Å². The minimum absolute atomic E-state index is 0.129. The van der Waals surface area contributed by atoms with Gasteiger partial charge in [0.15, 0.2) is 17.3 Å². The van der Waals surface area contributed by atoms with E-state index in [0.29, 0.717) is 31.4 Å². The van der Waals surface area contributed by atoms with Crippen molar-refractivity contribution in [2.45, 2.75) is 27.3 Å². The molecule has 0 spiro atoms. The molecule has 1 aromatic heterocycles. The quantitative estimate of drug-likeness (QED) is 0.584. The fourth-order valence-corrected chi connectivity index (χ4v) is 4.43. The maximum absolute atomic E-state index is 13.2. The third-order valence-electron chi connectivity index (χ3n) is 5.03. The number of benzene rings is 2. The highest BCUT2D eigenvalue weighted by atomic mass is 35.5. The van der Waals surface area contributed by atoms with E-state index in [1.165, 1.54) is 10.6 Å². The number of aromatic nitrogens is 1. The second-order valence-corrected chi connectivity index (χ2v) is 10.3. The molecule has 1 amide bonds. The van der Waals surface area contributed by atoms with Crippen molar-refractivity contribution in [3.8, 4) is 11.5 Å². The first-order chi connectivity index (χ1) is 16.1. The summed E-state index contributed by atoms with van der Waals surface area (Å²) >= 11 is 7.22. The lowest BCUT2D eigenvalue weighted by molar-refractivity contribution is -0.120. The number of amides is 1. The summed E-state index contributed by atoms with van der Waals surface area (Å²) in [4.78, 5) is 38.7. The number of hydrogen-bond donors (Lipinski definition) is 1. The average Bonchev–Trinajstić information content (AvgIpc) is 3.33. The van der Waals surface area contributed by atoms with Crippen LogP contribution >= 0.6 is 22.9 Å². The second kappa shape index (κ2) is 9.48. The molecule has 34 heavy (non-hydrogen) atoms. The van der Waals surface area contributed by atoms with Gasteiger partial charge in [0.05, 0.1) is 4.53 Å². The fraction of sp³-hybridized carbons (Fsp3) is 0.240. The highest BCUT2D eigenvalue weighted by molar-refractivity contribution is 7.07. The molecule has 0 fully saturated rings. The van der Waals surface area contributed by atoms with Gasteiger partial charge < -0.3 is 14.8 Å². The third-order valence-corrected chi connectivity index (χ3v) is 6.33. The minimum atomic E-state index is -0.629. The number of halogens is 1. The second-order valence-electron chi connectivity index (χ2n) is 8.77. The van der Waals surface area contributed by atoms with E-state index in [-0.39, 0.29) is 24.7 Å². The molecule has 0 atom stereocenters. The van der Waals surface area contributed by atoms with E-state index in [1.54, 1.807) is 63.2 Å². The monoisotopic (exact) mass is 498 g/mol. The van der Waals surface area contributed by atoms with E-state index in [1.807, 2.05) is 6.07 Å². The van der Waals surface area contributed by atoms with Crippen LogP contribution in [0.4, 0.5) is 5.69 Å². The van der Waals surface area contributed by atoms with Gasteiger partial charge in [-0.3, -0.25) is 19.0 Å². The summed E-state index contributed by atoms with van der Waals surface area (Å²) in [5.41, 5.74) is 0.269. The Balaban J connectivity index is 1.70. The number of hydrogen-bond acceptors (Lipinski definition) is 6. The van der Waals surface area contributed by atoms with E-state index in [9.17, 15) is 14.4 Å². The summed E-state index contributed by atoms with van der Waals surface area (Å²) in [5, 5.41) is 3.31. The molecule has 0 bridgehead atoms. The largest absolute Gasteiger partial charge is 0.454 e. The van der Waals surface area contributed by atoms with Gasteiger partial charge in [-0.05, 0) is 35.9 Å². The molecule has 3 aromatic rings. The maximum Gasteiger partial charge on any atom is 0.269 e. The highest BCUT2D eigenvalue weighted by Crippen LogP contribution is 2.34. The summed E-state index contributed by atoms with van der Waals surface area (Å²) in [6.07, 6.45) is 3.12. The first-order valence-corrected chi connectivity index (χ1v) is 11.7. The number of ketones is 1. The molecule has 0 saturated carbocycles. The number of nitrogens with zero attached hydrogens (tertiary/aromatic N) is 1. The standard InChI is InChI=1S/C25H23ClN2O5S/c1-25(2,3)21(29)12-23-28(24(31)20(34-23)10-15-5-4-6-16(26)9-15)13-22(30)27-17-7-8-18-19(11-17)33-14-32-18/h4-12H,13-14H2,1-3H3,(H,27,30)/b20-10+,23-12-. The zero-order valence-corrected chi connectivity index (χ0v) is 20.5. The predicted octanol–water partition coefficient (Wildman–Crippen LogP) is 3.16. The van der Waals surface area contributed by atoms with Crippen molar-refractivity contribution in [2.75, 3.05) is 12.1 Å². The van der Waals surface area contributed by atoms with Gasteiger partial charge in [-0.2, -0.15) is 0 Å². The summed E-state index contributed by atoms with van der Waals surface area (Å²) in [6.45, 7) is 5.27. The van der Waals surface area contributed by atoms with Gasteiger partial charge in [0, 0.05) is 28.3 Å². The van der Waals surface area contributed by atoms with E-state index in [0.717, 1.165) is 16.9 Å². The Morgan fingerprint density at radius 2 is 1.91 bits per heavy atom. The van der Waals surface area contributed by atoms with Crippen molar-refractivity contribution in [3.63, 3.8) is 0 Å². The number of rotatable bonds is 5. The lowest BCUT2D eigenvalue weighted by Gasteiger charge is -2.13. The molecule has 1 aliphatic rings. The first-order valence-electron chi connectivity index (χ1n) is 10.5. The Labute approximate surface area is 204 Å². The number of ether oxygens (including phenoxy) is 2. The highest BCUT2D eigenvalue weighted by Gasteiger charge is 2.20. The maximum atomic E-state index is 13.2.